The van der Waals surface area contributed by atoms with Crippen LogP contribution in [0, 0.1) is 20.8 Å². The van der Waals surface area contributed by atoms with Gasteiger partial charge in [0, 0.05) is 56.4 Å². The van der Waals surface area contributed by atoms with Gasteiger partial charge in [0.05, 0.1) is 11.7 Å². The Labute approximate surface area is 167 Å². The fourth-order valence-corrected chi connectivity index (χ4v) is 4.52. The van der Waals surface area contributed by atoms with Gasteiger partial charge in [0.15, 0.2) is 0 Å². The van der Waals surface area contributed by atoms with Crippen molar-refractivity contribution in [3.05, 3.63) is 52.8 Å². The van der Waals surface area contributed by atoms with E-state index < -0.39 is 0 Å². The first kappa shape index (κ1) is 19.2. The fraction of sp³-hybridized carbons (Fsp3) is 0.522. The summed E-state index contributed by atoms with van der Waals surface area (Å²) in [7, 11) is 0. The lowest BCUT2D eigenvalue weighted by Crippen LogP contribution is -2.50. The Morgan fingerprint density at radius 2 is 1.89 bits per heavy atom. The van der Waals surface area contributed by atoms with Crippen molar-refractivity contribution in [3.63, 3.8) is 0 Å². The summed E-state index contributed by atoms with van der Waals surface area (Å²) in [6, 6.07) is 10.5. The van der Waals surface area contributed by atoms with E-state index in [9.17, 15) is 4.79 Å². The summed E-state index contributed by atoms with van der Waals surface area (Å²) in [4.78, 5) is 17.7. The summed E-state index contributed by atoms with van der Waals surface area (Å²) in [6.45, 7) is 11.6. The van der Waals surface area contributed by atoms with Gasteiger partial charge >= 0.3 is 0 Å². The highest BCUT2D eigenvalue weighted by Crippen LogP contribution is 2.23. The number of ether oxygens (including phenoxy) is 1. The zero-order valence-electron chi connectivity index (χ0n) is 17.3. The van der Waals surface area contributed by atoms with Gasteiger partial charge in [-0.2, -0.15) is 0 Å². The molecule has 2 saturated heterocycles. The molecule has 0 bridgehead atoms. The first-order valence-electron chi connectivity index (χ1n) is 10.4. The number of piperazine rings is 1. The van der Waals surface area contributed by atoms with Crippen LogP contribution in [0.3, 0.4) is 0 Å². The van der Waals surface area contributed by atoms with E-state index in [0.29, 0.717) is 6.10 Å². The van der Waals surface area contributed by atoms with Crippen molar-refractivity contribution in [3.8, 4) is 5.69 Å². The molecule has 0 aliphatic carbocycles. The molecule has 1 aromatic heterocycles. The maximum absolute atomic E-state index is 13.2. The molecule has 28 heavy (non-hydrogen) atoms. The molecule has 1 atom stereocenters. The number of aryl methyl sites for hydroxylation is 2. The lowest BCUT2D eigenvalue weighted by atomic mass is 10.1. The van der Waals surface area contributed by atoms with Crippen LogP contribution in [0.25, 0.3) is 5.69 Å². The van der Waals surface area contributed by atoms with Gasteiger partial charge in [-0.15, -0.1) is 0 Å². The number of carbonyl (C=O) groups excluding carboxylic acids is 1. The zero-order chi connectivity index (χ0) is 19.7. The molecule has 2 aromatic rings. The van der Waals surface area contributed by atoms with E-state index in [1.54, 1.807) is 0 Å². The third-order valence-corrected chi connectivity index (χ3v) is 6.07. The summed E-state index contributed by atoms with van der Waals surface area (Å²) in [5, 5.41) is 0. The average Bonchev–Trinajstić information content (AvgIpc) is 3.29. The molecule has 0 spiro atoms. The van der Waals surface area contributed by atoms with Crippen LogP contribution < -0.4 is 0 Å². The Hall–Kier alpha value is -2.11. The molecule has 2 aliphatic rings. The number of hydrogen-bond acceptors (Lipinski definition) is 3. The van der Waals surface area contributed by atoms with Gasteiger partial charge in [-0.1, -0.05) is 12.1 Å². The number of hydrogen-bond donors (Lipinski definition) is 0. The zero-order valence-corrected chi connectivity index (χ0v) is 17.3. The lowest BCUT2D eigenvalue weighted by Gasteiger charge is -2.35. The summed E-state index contributed by atoms with van der Waals surface area (Å²) >= 11 is 0. The molecule has 1 aromatic carbocycles. The molecule has 0 N–H and O–H groups in total. The Morgan fingerprint density at radius 1 is 1.11 bits per heavy atom. The van der Waals surface area contributed by atoms with Crippen molar-refractivity contribution >= 4 is 5.91 Å². The van der Waals surface area contributed by atoms with Crippen LogP contribution >= 0.6 is 0 Å². The van der Waals surface area contributed by atoms with Gasteiger partial charge < -0.3 is 14.2 Å². The third-order valence-electron chi connectivity index (χ3n) is 6.07. The van der Waals surface area contributed by atoms with E-state index in [1.165, 1.54) is 18.4 Å². The van der Waals surface area contributed by atoms with E-state index in [2.05, 4.69) is 54.5 Å². The molecular formula is C23H31N3O2. The summed E-state index contributed by atoms with van der Waals surface area (Å²) in [6.07, 6.45) is 2.74. The number of benzene rings is 1. The van der Waals surface area contributed by atoms with Gasteiger partial charge in [0.2, 0.25) is 0 Å². The number of amides is 1. The third kappa shape index (κ3) is 3.87. The van der Waals surface area contributed by atoms with Crippen molar-refractivity contribution in [2.75, 3.05) is 39.3 Å². The van der Waals surface area contributed by atoms with Crippen molar-refractivity contribution in [1.82, 2.24) is 14.4 Å². The quantitative estimate of drug-likeness (QED) is 0.815. The Kier molecular flexibility index (Phi) is 5.56. The van der Waals surface area contributed by atoms with Crippen molar-refractivity contribution in [1.29, 1.82) is 0 Å². The maximum atomic E-state index is 13.2. The molecule has 1 unspecified atom stereocenters. The van der Waals surface area contributed by atoms with Crippen LogP contribution in [0.4, 0.5) is 0 Å². The van der Waals surface area contributed by atoms with Gasteiger partial charge in [0.1, 0.15) is 0 Å². The van der Waals surface area contributed by atoms with E-state index in [-0.39, 0.29) is 5.91 Å². The molecule has 2 aliphatic heterocycles. The van der Waals surface area contributed by atoms with Crippen LogP contribution in [0.1, 0.15) is 40.2 Å². The number of rotatable bonds is 4. The monoisotopic (exact) mass is 381 g/mol. The largest absolute Gasteiger partial charge is 0.377 e. The molecule has 1 amide bonds. The summed E-state index contributed by atoms with van der Waals surface area (Å²) < 4.78 is 7.94. The summed E-state index contributed by atoms with van der Waals surface area (Å²) in [5.41, 5.74) is 5.29. The van der Waals surface area contributed by atoms with Gasteiger partial charge in [-0.3, -0.25) is 9.69 Å². The highest BCUT2D eigenvalue weighted by molar-refractivity contribution is 5.96. The number of nitrogens with zero attached hydrogens (tertiary/aromatic N) is 3. The minimum Gasteiger partial charge on any atom is -0.377 e. The standard InChI is InChI=1S/C23H31N3O2/c1-17-6-4-7-20(14-17)26-18(2)15-22(19(26)3)23(27)25-11-9-24(10-12-25)16-21-8-5-13-28-21/h4,6-7,14-15,21H,5,8-13,16H2,1-3H3. The molecule has 2 fully saturated rings. The smallest absolute Gasteiger partial charge is 0.255 e. The molecule has 5 nitrogen and oxygen atoms in total. The Balaban J connectivity index is 1.45. The SMILES string of the molecule is Cc1cccc(-n2c(C)cc(C(=O)N3CCN(CC4CCCO4)CC3)c2C)c1. The minimum absolute atomic E-state index is 0.156. The molecule has 3 heterocycles. The first-order chi connectivity index (χ1) is 13.5. The van der Waals surface area contributed by atoms with E-state index in [4.69, 9.17) is 4.74 Å². The average molecular weight is 382 g/mol. The lowest BCUT2D eigenvalue weighted by molar-refractivity contribution is 0.0432. The summed E-state index contributed by atoms with van der Waals surface area (Å²) in [5.74, 6) is 0.156. The van der Waals surface area contributed by atoms with E-state index in [0.717, 1.165) is 62.0 Å². The van der Waals surface area contributed by atoms with Crippen LogP contribution in [0.2, 0.25) is 0 Å². The van der Waals surface area contributed by atoms with Crippen molar-refractivity contribution in [2.45, 2.75) is 39.7 Å². The maximum Gasteiger partial charge on any atom is 0.255 e. The van der Waals surface area contributed by atoms with E-state index >= 15 is 0 Å². The minimum atomic E-state index is 0.156. The molecule has 5 heteroatoms. The predicted molar refractivity (Wildman–Crippen MR) is 111 cm³/mol. The first-order valence-corrected chi connectivity index (χ1v) is 10.4. The highest BCUT2D eigenvalue weighted by atomic mass is 16.5. The Morgan fingerprint density at radius 3 is 2.57 bits per heavy atom. The van der Waals surface area contributed by atoms with Crippen molar-refractivity contribution < 1.29 is 9.53 Å². The highest BCUT2D eigenvalue weighted by Gasteiger charge is 2.27. The molecule has 0 radical (unpaired) electrons. The second-order valence-electron chi connectivity index (χ2n) is 8.19. The van der Waals surface area contributed by atoms with Crippen molar-refractivity contribution in [2.24, 2.45) is 0 Å². The second kappa shape index (κ2) is 8.10. The molecule has 0 saturated carbocycles. The fourth-order valence-electron chi connectivity index (χ4n) is 4.52. The predicted octanol–water partition coefficient (Wildman–Crippen LogP) is 3.34. The van der Waals surface area contributed by atoms with Crippen LogP contribution in [-0.4, -0.2) is 65.7 Å². The van der Waals surface area contributed by atoms with Crippen LogP contribution in [0.15, 0.2) is 30.3 Å². The van der Waals surface area contributed by atoms with Crippen LogP contribution in [-0.2, 0) is 4.74 Å². The Bertz CT molecular complexity index is 844. The van der Waals surface area contributed by atoms with Crippen LogP contribution in [0.5, 0.6) is 0 Å². The number of aromatic nitrogens is 1. The second-order valence-corrected chi connectivity index (χ2v) is 8.19. The molecule has 150 valence electrons. The molecular weight excluding hydrogens is 350 g/mol. The normalized spacial score (nSPS) is 20.7. The number of carbonyl (C=O) groups is 1. The van der Waals surface area contributed by atoms with E-state index in [1.807, 2.05) is 11.0 Å². The van der Waals surface area contributed by atoms with Gasteiger partial charge in [-0.05, 0) is 57.4 Å². The molecule has 4 rings (SSSR count). The topological polar surface area (TPSA) is 37.7 Å². The van der Waals surface area contributed by atoms with Gasteiger partial charge in [0.25, 0.3) is 5.91 Å². The van der Waals surface area contributed by atoms with Gasteiger partial charge in [-0.25, -0.2) is 0 Å².